The summed E-state index contributed by atoms with van der Waals surface area (Å²) in [5, 5.41) is 7.32. The molecule has 0 saturated heterocycles. The highest BCUT2D eigenvalue weighted by molar-refractivity contribution is 5.26. The lowest BCUT2D eigenvalue weighted by molar-refractivity contribution is 0.210. The molecule has 1 fully saturated rings. The molecule has 0 bridgehead atoms. The molecule has 2 atom stereocenters. The number of rotatable bonds is 8. The molecule has 0 aromatic heterocycles. The number of aryl methyl sites for hydroxylation is 1. The van der Waals surface area contributed by atoms with E-state index < -0.39 is 6.17 Å². The number of nitrogens with zero attached hydrogens (tertiary/aromatic N) is 2. The first-order chi connectivity index (χ1) is 14.0. The van der Waals surface area contributed by atoms with Crippen LogP contribution in [-0.4, -0.2) is 23.7 Å². The molecule has 3 rings (SSSR count). The molecule has 2 aromatic carbocycles. The number of hydrogen-bond donors (Lipinski definition) is 0. The molecule has 3 heteroatoms. The highest BCUT2D eigenvalue weighted by Crippen LogP contribution is 2.36. The largest absolute Gasteiger partial charge is 0.297 e. The van der Waals surface area contributed by atoms with Crippen LogP contribution >= 0.6 is 0 Å². The van der Waals surface area contributed by atoms with Crippen molar-refractivity contribution >= 4 is 0 Å². The molecule has 0 heterocycles. The summed E-state index contributed by atoms with van der Waals surface area (Å²) in [6, 6.07) is 22.0. The zero-order valence-corrected chi connectivity index (χ0v) is 18.2. The molecule has 2 unspecified atom stereocenters. The van der Waals surface area contributed by atoms with E-state index in [1.807, 2.05) is 0 Å². The van der Waals surface area contributed by atoms with E-state index in [9.17, 15) is 4.39 Å². The van der Waals surface area contributed by atoms with Crippen molar-refractivity contribution < 1.29 is 4.39 Å². The maximum absolute atomic E-state index is 13.4. The summed E-state index contributed by atoms with van der Waals surface area (Å²) in [4.78, 5) is 2.55. The molecule has 0 radical (unpaired) electrons. The van der Waals surface area contributed by atoms with Gasteiger partial charge < -0.3 is 0 Å². The SMILES string of the molecule is CC#N.CC(C)N(CCCc1ccc(C2CCC(F)C2)cc1)Cc1ccccc1. The van der Waals surface area contributed by atoms with Crippen molar-refractivity contribution in [2.75, 3.05) is 6.54 Å². The molecule has 2 nitrogen and oxygen atoms in total. The fourth-order valence-electron chi connectivity index (χ4n) is 4.01. The van der Waals surface area contributed by atoms with E-state index in [-0.39, 0.29) is 0 Å². The maximum atomic E-state index is 13.4. The predicted octanol–water partition coefficient (Wildman–Crippen LogP) is 6.67. The Morgan fingerprint density at radius 2 is 1.69 bits per heavy atom. The summed E-state index contributed by atoms with van der Waals surface area (Å²) in [6.45, 7) is 8.11. The Bertz CT molecular complexity index is 734. The minimum atomic E-state index is -0.591. The average molecular weight is 395 g/mol. The molecule has 0 amide bonds. The van der Waals surface area contributed by atoms with Gasteiger partial charge in [0.15, 0.2) is 0 Å². The van der Waals surface area contributed by atoms with Crippen molar-refractivity contribution in [3.05, 3.63) is 71.3 Å². The molecular formula is C26H35FN2. The molecule has 0 aliphatic heterocycles. The van der Waals surface area contributed by atoms with Gasteiger partial charge in [0.1, 0.15) is 6.17 Å². The first-order valence-electron chi connectivity index (χ1n) is 10.8. The molecule has 0 N–H and O–H groups in total. The van der Waals surface area contributed by atoms with Gasteiger partial charge in [-0.2, -0.15) is 5.26 Å². The van der Waals surface area contributed by atoms with Crippen LogP contribution in [0.5, 0.6) is 0 Å². The van der Waals surface area contributed by atoms with E-state index in [2.05, 4.69) is 73.3 Å². The van der Waals surface area contributed by atoms with Gasteiger partial charge in [0.2, 0.25) is 0 Å². The predicted molar refractivity (Wildman–Crippen MR) is 120 cm³/mol. The van der Waals surface area contributed by atoms with E-state index >= 15 is 0 Å². The zero-order chi connectivity index (χ0) is 21.1. The van der Waals surface area contributed by atoms with Crippen LogP contribution in [0.3, 0.4) is 0 Å². The second-order valence-electron chi connectivity index (χ2n) is 8.23. The van der Waals surface area contributed by atoms with Crippen LogP contribution in [0.4, 0.5) is 4.39 Å². The number of hydrogen-bond acceptors (Lipinski definition) is 2. The Hall–Kier alpha value is -2.18. The second kappa shape index (κ2) is 12.4. The second-order valence-corrected chi connectivity index (χ2v) is 8.23. The van der Waals surface area contributed by atoms with Gasteiger partial charge in [-0.25, -0.2) is 4.39 Å². The number of benzene rings is 2. The van der Waals surface area contributed by atoms with Crippen molar-refractivity contribution in [3.8, 4) is 6.07 Å². The summed E-state index contributed by atoms with van der Waals surface area (Å²) in [6.07, 6.45) is 4.13. The topological polar surface area (TPSA) is 27.0 Å². The Morgan fingerprint density at radius 3 is 2.24 bits per heavy atom. The van der Waals surface area contributed by atoms with Crippen LogP contribution in [-0.2, 0) is 13.0 Å². The van der Waals surface area contributed by atoms with Crippen molar-refractivity contribution in [3.63, 3.8) is 0 Å². The van der Waals surface area contributed by atoms with E-state index in [4.69, 9.17) is 5.26 Å². The highest BCUT2D eigenvalue weighted by Gasteiger charge is 2.25. The first-order valence-corrected chi connectivity index (χ1v) is 10.8. The van der Waals surface area contributed by atoms with Crippen LogP contribution in [0.15, 0.2) is 54.6 Å². The Labute approximate surface area is 176 Å². The quantitative estimate of drug-likeness (QED) is 0.500. The van der Waals surface area contributed by atoms with Crippen molar-refractivity contribution in [1.82, 2.24) is 4.90 Å². The molecular weight excluding hydrogens is 359 g/mol. The smallest absolute Gasteiger partial charge is 0.101 e. The molecule has 156 valence electrons. The van der Waals surface area contributed by atoms with Crippen LogP contribution in [0, 0.1) is 11.3 Å². The summed E-state index contributed by atoms with van der Waals surface area (Å²) in [5.41, 5.74) is 4.10. The van der Waals surface area contributed by atoms with Gasteiger partial charge in [0, 0.05) is 19.5 Å². The van der Waals surface area contributed by atoms with Gasteiger partial charge in [0.05, 0.1) is 6.07 Å². The lowest BCUT2D eigenvalue weighted by Crippen LogP contribution is -2.31. The number of alkyl halides is 1. The van der Waals surface area contributed by atoms with Gasteiger partial charge in [-0.15, -0.1) is 0 Å². The standard InChI is InChI=1S/C24H32FN.C2H3N/c1-19(2)26(18-21-7-4-3-5-8-21)16-6-9-20-10-12-22(13-11-20)23-14-15-24(25)17-23;1-2-3/h3-5,7-8,10-13,19,23-24H,6,9,14-18H2,1-2H3;1H3. The van der Waals surface area contributed by atoms with Crippen molar-refractivity contribution in [1.29, 1.82) is 5.26 Å². The third-order valence-corrected chi connectivity index (χ3v) is 5.69. The lowest BCUT2D eigenvalue weighted by atomic mass is 9.96. The van der Waals surface area contributed by atoms with Gasteiger partial charge in [-0.1, -0.05) is 54.6 Å². The van der Waals surface area contributed by atoms with E-state index in [1.165, 1.54) is 30.0 Å². The molecule has 1 aliphatic carbocycles. The fourth-order valence-corrected chi connectivity index (χ4v) is 4.01. The van der Waals surface area contributed by atoms with E-state index in [0.717, 1.165) is 32.4 Å². The normalized spacial score (nSPS) is 18.4. The number of halogens is 1. The molecule has 29 heavy (non-hydrogen) atoms. The van der Waals surface area contributed by atoms with Gasteiger partial charge >= 0.3 is 0 Å². The summed E-state index contributed by atoms with van der Waals surface area (Å²) >= 11 is 0. The van der Waals surface area contributed by atoms with Crippen molar-refractivity contribution in [2.45, 2.75) is 77.6 Å². The third-order valence-electron chi connectivity index (χ3n) is 5.69. The maximum Gasteiger partial charge on any atom is 0.101 e. The Morgan fingerprint density at radius 1 is 1.03 bits per heavy atom. The summed E-state index contributed by atoms with van der Waals surface area (Å²) < 4.78 is 13.4. The molecule has 1 aliphatic rings. The minimum Gasteiger partial charge on any atom is -0.297 e. The van der Waals surface area contributed by atoms with Gasteiger partial charge in [0.25, 0.3) is 0 Å². The van der Waals surface area contributed by atoms with Gasteiger partial charge in [-0.05, 0) is 75.1 Å². The van der Waals surface area contributed by atoms with Crippen LogP contribution in [0.25, 0.3) is 0 Å². The van der Waals surface area contributed by atoms with Crippen LogP contribution in [0.1, 0.15) is 69.1 Å². The van der Waals surface area contributed by atoms with Crippen molar-refractivity contribution in [2.24, 2.45) is 0 Å². The van der Waals surface area contributed by atoms with Gasteiger partial charge in [-0.3, -0.25) is 4.90 Å². The van der Waals surface area contributed by atoms with Crippen LogP contribution < -0.4 is 0 Å². The van der Waals surface area contributed by atoms with E-state index in [1.54, 1.807) is 6.07 Å². The highest BCUT2D eigenvalue weighted by atomic mass is 19.1. The van der Waals surface area contributed by atoms with E-state index in [0.29, 0.717) is 18.4 Å². The summed E-state index contributed by atoms with van der Waals surface area (Å²) in [5.74, 6) is 0.432. The summed E-state index contributed by atoms with van der Waals surface area (Å²) in [7, 11) is 0. The minimum absolute atomic E-state index is 0.432. The Kier molecular flexibility index (Phi) is 9.88. The average Bonchev–Trinajstić information content (AvgIpc) is 3.15. The first kappa shape index (κ1) is 23.1. The Balaban J connectivity index is 0.000000941. The molecule has 2 aromatic rings. The lowest BCUT2D eigenvalue weighted by Gasteiger charge is -2.26. The fraction of sp³-hybridized carbons (Fsp3) is 0.500. The molecule has 0 spiro atoms. The third kappa shape index (κ3) is 7.99. The zero-order valence-electron chi connectivity index (χ0n) is 18.2. The molecule has 1 saturated carbocycles. The van der Waals surface area contributed by atoms with Crippen LogP contribution in [0.2, 0.25) is 0 Å². The monoisotopic (exact) mass is 394 g/mol. The number of nitriles is 1.